The first-order chi connectivity index (χ1) is 14.8. The first-order valence-corrected chi connectivity index (χ1v) is 10.4. The fraction of sp³-hybridized carbons (Fsp3) is 0.273. The first-order valence-electron chi connectivity index (χ1n) is 9.56. The minimum atomic E-state index is -0.443. The van der Waals surface area contributed by atoms with Crippen LogP contribution in [0.25, 0.3) is 0 Å². The second-order valence-electron chi connectivity index (χ2n) is 6.63. The molecule has 8 nitrogen and oxygen atoms in total. The third-order valence-electron chi connectivity index (χ3n) is 3.91. The molecule has 2 N–H and O–H groups in total. The molecule has 2 aromatic carbocycles. The number of nitrogens with one attached hydrogen (secondary N) is 2. The molecule has 0 atom stereocenters. The maximum Gasteiger partial charge on any atom is 0.338 e. The number of hydrogen-bond donors (Lipinski definition) is 2. The Labute approximate surface area is 189 Å². The summed E-state index contributed by atoms with van der Waals surface area (Å²) < 4.78 is 11.1. The Morgan fingerprint density at radius 1 is 1.06 bits per heavy atom. The first kappa shape index (κ1) is 24.1. The molecule has 9 heteroatoms. The number of hydrazone groups is 1. The third kappa shape index (κ3) is 8.21. The number of ether oxygens (including phenoxy) is 2. The Bertz CT molecular complexity index is 974. The number of carbonyl (C=O) groups excluding carboxylic acids is 3. The van der Waals surface area contributed by atoms with E-state index in [0.717, 1.165) is 10.0 Å². The zero-order chi connectivity index (χ0) is 22.8. The van der Waals surface area contributed by atoms with E-state index in [1.165, 1.54) is 0 Å². The van der Waals surface area contributed by atoms with Crippen molar-refractivity contribution in [2.24, 2.45) is 5.10 Å². The Morgan fingerprint density at radius 2 is 1.77 bits per heavy atom. The number of amides is 2. The van der Waals surface area contributed by atoms with Crippen molar-refractivity contribution in [3.05, 3.63) is 58.1 Å². The van der Waals surface area contributed by atoms with Gasteiger partial charge in [0.2, 0.25) is 5.91 Å². The summed E-state index contributed by atoms with van der Waals surface area (Å²) in [4.78, 5) is 35.7. The van der Waals surface area contributed by atoms with Crippen molar-refractivity contribution in [3.63, 3.8) is 0 Å². The molecule has 2 amide bonds. The van der Waals surface area contributed by atoms with Crippen LogP contribution < -0.4 is 15.5 Å². The van der Waals surface area contributed by atoms with Crippen molar-refractivity contribution in [1.29, 1.82) is 0 Å². The molecule has 0 fully saturated rings. The van der Waals surface area contributed by atoms with E-state index in [1.807, 2.05) is 19.1 Å². The summed E-state index contributed by atoms with van der Waals surface area (Å²) in [5.41, 5.74) is 4.79. The molecule has 0 aromatic heterocycles. The lowest BCUT2D eigenvalue weighted by Gasteiger charge is -2.08. The predicted molar refractivity (Wildman–Crippen MR) is 121 cm³/mol. The van der Waals surface area contributed by atoms with Gasteiger partial charge in [0.25, 0.3) is 5.91 Å². The molecule has 0 aliphatic rings. The lowest BCUT2D eigenvalue weighted by atomic mass is 10.2. The molecule has 0 saturated heterocycles. The highest BCUT2D eigenvalue weighted by Crippen LogP contribution is 2.25. The van der Waals surface area contributed by atoms with Gasteiger partial charge in [-0.1, -0.05) is 6.07 Å². The van der Waals surface area contributed by atoms with Crippen LogP contribution in [0, 0.1) is 6.92 Å². The third-order valence-corrected chi connectivity index (χ3v) is 4.53. The topological polar surface area (TPSA) is 106 Å². The Kier molecular flexibility index (Phi) is 9.20. The van der Waals surface area contributed by atoms with Crippen LogP contribution >= 0.6 is 15.9 Å². The number of anilines is 1. The van der Waals surface area contributed by atoms with E-state index in [2.05, 4.69) is 31.8 Å². The summed E-state index contributed by atoms with van der Waals surface area (Å²) >= 11 is 3.38. The highest BCUT2D eigenvalue weighted by molar-refractivity contribution is 9.10. The van der Waals surface area contributed by atoms with Crippen LogP contribution in [0.3, 0.4) is 0 Å². The van der Waals surface area contributed by atoms with Gasteiger partial charge in [-0.05, 0) is 78.7 Å². The van der Waals surface area contributed by atoms with Gasteiger partial charge in [0, 0.05) is 11.4 Å². The maximum atomic E-state index is 12.1. The van der Waals surface area contributed by atoms with Gasteiger partial charge in [-0.2, -0.15) is 5.10 Å². The number of halogens is 1. The smallest absolute Gasteiger partial charge is 0.338 e. The molecular formula is C22H24BrN3O5. The van der Waals surface area contributed by atoms with Crippen LogP contribution in [0.1, 0.15) is 36.2 Å². The maximum absolute atomic E-state index is 12.1. The van der Waals surface area contributed by atoms with Crippen LogP contribution in [-0.2, 0) is 14.3 Å². The van der Waals surface area contributed by atoms with E-state index in [1.54, 1.807) is 44.2 Å². The number of benzene rings is 2. The van der Waals surface area contributed by atoms with Crippen LogP contribution in [0.2, 0.25) is 0 Å². The highest BCUT2D eigenvalue weighted by atomic mass is 79.9. The van der Waals surface area contributed by atoms with Crippen molar-refractivity contribution < 1.29 is 23.9 Å². The minimum absolute atomic E-state index is 0.00965. The Hall–Kier alpha value is -3.20. The molecule has 0 spiro atoms. The molecule has 2 rings (SSSR count). The fourth-order valence-electron chi connectivity index (χ4n) is 2.44. The molecule has 0 aliphatic carbocycles. The molecule has 0 bridgehead atoms. The number of aryl methyl sites for hydroxylation is 1. The SMILES string of the molecule is CCOC(=O)c1ccc(NC(=O)C/C(C)=N/NC(=O)COc2ccc(C)cc2Br)cc1. The van der Waals surface area contributed by atoms with Crippen molar-refractivity contribution in [2.45, 2.75) is 27.2 Å². The number of carbonyl (C=O) groups is 3. The van der Waals surface area contributed by atoms with Gasteiger partial charge in [-0.15, -0.1) is 0 Å². The van der Waals surface area contributed by atoms with Gasteiger partial charge in [0.1, 0.15) is 5.75 Å². The molecule has 0 radical (unpaired) electrons. The molecule has 2 aromatic rings. The summed E-state index contributed by atoms with van der Waals surface area (Å²) in [6, 6.07) is 11.9. The monoisotopic (exact) mass is 489 g/mol. The van der Waals surface area contributed by atoms with Crippen LogP contribution in [0.5, 0.6) is 5.75 Å². The molecule has 0 aliphatic heterocycles. The van der Waals surface area contributed by atoms with E-state index < -0.39 is 11.9 Å². The number of nitrogens with zero attached hydrogens (tertiary/aromatic N) is 1. The molecule has 164 valence electrons. The largest absolute Gasteiger partial charge is 0.483 e. The molecular weight excluding hydrogens is 466 g/mol. The van der Waals surface area contributed by atoms with Gasteiger partial charge in [0.15, 0.2) is 6.61 Å². The average molecular weight is 490 g/mol. The molecule has 31 heavy (non-hydrogen) atoms. The number of rotatable bonds is 9. The average Bonchev–Trinajstić information content (AvgIpc) is 2.72. The van der Waals surface area contributed by atoms with E-state index >= 15 is 0 Å². The normalized spacial score (nSPS) is 10.9. The summed E-state index contributed by atoms with van der Waals surface area (Å²) in [6.45, 7) is 5.39. The minimum Gasteiger partial charge on any atom is -0.483 e. The molecule has 0 heterocycles. The van der Waals surface area contributed by atoms with Gasteiger partial charge >= 0.3 is 5.97 Å². The summed E-state index contributed by atoms with van der Waals surface area (Å²) in [5, 5.41) is 6.62. The number of hydrogen-bond acceptors (Lipinski definition) is 6. The second-order valence-corrected chi connectivity index (χ2v) is 7.48. The van der Waals surface area contributed by atoms with E-state index in [9.17, 15) is 14.4 Å². The van der Waals surface area contributed by atoms with Crippen LogP contribution in [0.15, 0.2) is 52.0 Å². The van der Waals surface area contributed by atoms with Crippen molar-refractivity contribution in [1.82, 2.24) is 5.43 Å². The summed E-state index contributed by atoms with van der Waals surface area (Å²) in [6.07, 6.45) is -0.00965. The van der Waals surface area contributed by atoms with Crippen molar-refractivity contribution >= 4 is 45.1 Å². The predicted octanol–water partition coefficient (Wildman–Crippen LogP) is 3.83. The lowest BCUT2D eigenvalue weighted by molar-refractivity contribution is -0.123. The van der Waals surface area contributed by atoms with E-state index in [0.29, 0.717) is 29.3 Å². The summed E-state index contributed by atoms with van der Waals surface area (Å²) in [5.74, 6) is -0.617. The zero-order valence-corrected chi connectivity index (χ0v) is 19.1. The zero-order valence-electron chi connectivity index (χ0n) is 17.5. The van der Waals surface area contributed by atoms with E-state index in [-0.39, 0.29) is 18.9 Å². The van der Waals surface area contributed by atoms with Gasteiger partial charge < -0.3 is 14.8 Å². The number of esters is 1. The van der Waals surface area contributed by atoms with Gasteiger partial charge in [0.05, 0.1) is 23.1 Å². The van der Waals surface area contributed by atoms with Crippen LogP contribution in [0.4, 0.5) is 5.69 Å². The highest BCUT2D eigenvalue weighted by Gasteiger charge is 2.09. The fourth-order valence-corrected chi connectivity index (χ4v) is 3.05. The van der Waals surface area contributed by atoms with Gasteiger partial charge in [-0.3, -0.25) is 9.59 Å². The Balaban J connectivity index is 1.78. The molecule has 0 saturated carbocycles. The summed E-state index contributed by atoms with van der Waals surface area (Å²) in [7, 11) is 0. The standard InChI is InChI=1S/C22H24BrN3O5/c1-4-30-22(29)16-6-8-17(9-7-16)24-20(27)12-15(3)25-26-21(28)13-31-19-10-5-14(2)11-18(19)23/h5-11H,4,12-13H2,1-3H3,(H,24,27)(H,26,28)/b25-15+. The van der Waals surface area contributed by atoms with Crippen LogP contribution in [-0.4, -0.2) is 36.7 Å². The Morgan fingerprint density at radius 3 is 2.42 bits per heavy atom. The van der Waals surface area contributed by atoms with Crippen molar-refractivity contribution in [3.8, 4) is 5.75 Å². The van der Waals surface area contributed by atoms with Crippen molar-refractivity contribution in [2.75, 3.05) is 18.5 Å². The molecule has 0 unspecified atom stereocenters. The van der Waals surface area contributed by atoms with E-state index in [4.69, 9.17) is 9.47 Å². The quantitative estimate of drug-likeness (QED) is 0.316. The van der Waals surface area contributed by atoms with Gasteiger partial charge in [-0.25, -0.2) is 10.2 Å². The lowest BCUT2D eigenvalue weighted by Crippen LogP contribution is -2.26. The second kappa shape index (κ2) is 11.8.